The van der Waals surface area contributed by atoms with Crippen LogP contribution in [0.4, 0.5) is 11.4 Å². The highest BCUT2D eigenvalue weighted by Gasteiger charge is 2.27. The van der Waals surface area contributed by atoms with Gasteiger partial charge in [-0.25, -0.2) is 9.48 Å². The molecule has 9 heteroatoms. The number of benzene rings is 2. The van der Waals surface area contributed by atoms with Gasteiger partial charge in [0.1, 0.15) is 12.2 Å². The minimum absolute atomic E-state index is 0.133. The molecule has 1 aliphatic rings. The molecule has 174 valence electrons. The van der Waals surface area contributed by atoms with Gasteiger partial charge in [-0.2, -0.15) is 5.10 Å². The Balaban J connectivity index is 1.29. The summed E-state index contributed by atoms with van der Waals surface area (Å²) in [5.74, 6) is -1.46. The number of nitrogens with one attached hydrogen (secondary N) is 1. The Morgan fingerprint density at radius 1 is 1.06 bits per heavy atom. The first-order valence-corrected chi connectivity index (χ1v) is 11.7. The topological polar surface area (TPSA) is 93.5 Å². The number of para-hydroxylation sites is 3. The van der Waals surface area contributed by atoms with Crippen molar-refractivity contribution in [2.75, 3.05) is 23.4 Å². The molecule has 0 radical (unpaired) electrons. The summed E-state index contributed by atoms with van der Waals surface area (Å²) in [5, 5.41) is 9.37. The number of aromatic nitrogens is 2. The quantitative estimate of drug-likeness (QED) is 0.328. The normalized spacial score (nSPS) is 12.9. The molecule has 0 unspecified atom stereocenters. The van der Waals surface area contributed by atoms with Crippen LogP contribution in [0.1, 0.15) is 5.56 Å². The van der Waals surface area contributed by atoms with E-state index in [1.54, 1.807) is 46.4 Å². The van der Waals surface area contributed by atoms with E-state index in [1.807, 2.05) is 54.0 Å². The number of nitrogens with zero attached hydrogens (tertiary/aromatic N) is 3. The first-order chi connectivity index (χ1) is 17.1. The Morgan fingerprint density at radius 3 is 2.66 bits per heavy atom. The lowest BCUT2D eigenvalue weighted by Gasteiger charge is -2.28. The van der Waals surface area contributed by atoms with Crippen molar-refractivity contribution in [2.24, 2.45) is 0 Å². The third-order valence-corrected chi connectivity index (χ3v) is 6.20. The largest absolute Gasteiger partial charge is 0.452 e. The highest BCUT2D eigenvalue weighted by Crippen LogP contribution is 2.30. The molecule has 2 aromatic heterocycles. The first-order valence-electron chi connectivity index (χ1n) is 10.8. The van der Waals surface area contributed by atoms with Crippen LogP contribution in [0.2, 0.25) is 0 Å². The van der Waals surface area contributed by atoms with E-state index < -0.39 is 18.5 Å². The number of thiophene rings is 1. The van der Waals surface area contributed by atoms with Gasteiger partial charge in [0.05, 0.1) is 21.9 Å². The van der Waals surface area contributed by atoms with E-state index in [0.717, 1.165) is 21.8 Å². The van der Waals surface area contributed by atoms with Gasteiger partial charge in [0.15, 0.2) is 6.61 Å². The maximum atomic E-state index is 12.7. The van der Waals surface area contributed by atoms with E-state index >= 15 is 0 Å². The molecule has 5 rings (SSSR count). The summed E-state index contributed by atoms with van der Waals surface area (Å²) in [6.07, 6.45) is 4.73. The number of hydrogen-bond donors (Lipinski definition) is 1. The fourth-order valence-electron chi connectivity index (χ4n) is 3.70. The van der Waals surface area contributed by atoms with Crippen molar-refractivity contribution in [1.82, 2.24) is 9.78 Å². The summed E-state index contributed by atoms with van der Waals surface area (Å²) in [4.78, 5) is 39.3. The average Bonchev–Trinajstić information content (AvgIpc) is 3.56. The van der Waals surface area contributed by atoms with Gasteiger partial charge in [-0.1, -0.05) is 36.4 Å². The molecule has 2 amide bonds. The minimum Gasteiger partial charge on any atom is -0.452 e. The number of fused-ring (bicyclic) bond motifs is 1. The molecule has 0 saturated carbocycles. The van der Waals surface area contributed by atoms with Gasteiger partial charge in [0.2, 0.25) is 5.91 Å². The van der Waals surface area contributed by atoms with Crippen molar-refractivity contribution in [2.45, 2.75) is 0 Å². The third kappa shape index (κ3) is 4.90. The summed E-state index contributed by atoms with van der Waals surface area (Å²) in [7, 11) is 0. The average molecular weight is 485 g/mol. The summed E-state index contributed by atoms with van der Waals surface area (Å²) in [5.41, 5.74) is 3.47. The van der Waals surface area contributed by atoms with Crippen LogP contribution in [0.25, 0.3) is 22.3 Å². The predicted molar refractivity (Wildman–Crippen MR) is 134 cm³/mol. The van der Waals surface area contributed by atoms with Gasteiger partial charge in [0.25, 0.3) is 5.91 Å². The van der Waals surface area contributed by atoms with Crippen molar-refractivity contribution >= 4 is 46.6 Å². The van der Waals surface area contributed by atoms with Crippen LogP contribution in [0.3, 0.4) is 0 Å². The van der Waals surface area contributed by atoms with Crippen molar-refractivity contribution in [3.63, 3.8) is 0 Å². The second-order valence-electron chi connectivity index (χ2n) is 7.68. The summed E-state index contributed by atoms with van der Waals surface area (Å²) >= 11 is 1.55. The second kappa shape index (κ2) is 9.78. The zero-order valence-corrected chi connectivity index (χ0v) is 19.3. The molecule has 1 aliphatic heterocycles. The molecule has 1 N–H and O–H groups in total. The summed E-state index contributed by atoms with van der Waals surface area (Å²) in [6.45, 7) is -0.613. The SMILES string of the molecule is O=C1CN(C(=O)COC(=O)/C=C/c2cn(-c3ccccc3)nc2-c2cccs2)c2ccccc2N1. The van der Waals surface area contributed by atoms with Crippen molar-refractivity contribution in [3.05, 3.63) is 89.9 Å². The molecule has 3 heterocycles. The van der Waals surface area contributed by atoms with Gasteiger partial charge in [-0.3, -0.25) is 14.5 Å². The number of rotatable bonds is 6. The van der Waals surface area contributed by atoms with E-state index in [0.29, 0.717) is 11.4 Å². The standard InChI is InChI=1S/C26H20N4O4S/c31-23-16-29(21-10-5-4-9-20(21)27-23)24(32)17-34-25(33)13-12-18-15-30(19-7-2-1-3-8-19)28-26(18)22-11-6-14-35-22/h1-15H,16-17H2,(H,27,31)/b13-12+. The molecule has 0 fully saturated rings. The smallest absolute Gasteiger partial charge is 0.331 e. The molecule has 0 bridgehead atoms. The molecule has 4 aromatic rings. The van der Waals surface area contributed by atoms with Gasteiger partial charge < -0.3 is 10.1 Å². The lowest BCUT2D eigenvalue weighted by Crippen LogP contribution is -2.43. The number of hydrogen-bond acceptors (Lipinski definition) is 6. The van der Waals surface area contributed by atoms with Crippen LogP contribution in [0.5, 0.6) is 0 Å². The van der Waals surface area contributed by atoms with Gasteiger partial charge in [0, 0.05) is 17.8 Å². The number of carbonyl (C=O) groups is 3. The van der Waals surface area contributed by atoms with Crippen molar-refractivity contribution < 1.29 is 19.1 Å². The summed E-state index contributed by atoms with van der Waals surface area (Å²) in [6, 6.07) is 20.5. The highest BCUT2D eigenvalue weighted by atomic mass is 32.1. The van der Waals surface area contributed by atoms with Crippen LogP contribution < -0.4 is 10.2 Å². The van der Waals surface area contributed by atoms with Gasteiger partial charge in [-0.15, -0.1) is 11.3 Å². The molecule has 2 aromatic carbocycles. The van der Waals surface area contributed by atoms with Crippen LogP contribution in [-0.4, -0.2) is 40.7 Å². The van der Waals surface area contributed by atoms with E-state index in [-0.39, 0.29) is 12.5 Å². The molecule has 8 nitrogen and oxygen atoms in total. The Hall–Kier alpha value is -4.50. The van der Waals surface area contributed by atoms with Gasteiger partial charge in [-0.05, 0) is 41.8 Å². The Morgan fingerprint density at radius 2 is 1.86 bits per heavy atom. The van der Waals surface area contributed by atoms with Crippen LogP contribution in [0.15, 0.2) is 84.4 Å². The summed E-state index contributed by atoms with van der Waals surface area (Å²) < 4.78 is 6.93. The fourth-order valence-corrected chi connectivity index (χ4v) is 4.43. The minimum atomic E-state index is -0.669. The number of anilines is 2. The first kappa shape index (κ1) is 22.3. The van der Waals surface area contributed by atoms with E-state index in [1.165, 1.54) is 11.0 Å². The zero-order chi connectivity index (χ0) is 24.2. The lowest BCUT2D eigenvalue weighted by molar-refractivity contribution is -0.143. The van der Waals surface area contributed by atoms with Crippen molar-refractivity contribution in [1.29, 1.82) is 0 Å². The van der Waals surface area contributed by atoms with Gasteiger partial charge >= 0.3 is 5.97 Å². The van der Waals surface area contributed by atoms with Crippen LogP contribution >= 0.6 is 11.3 Å². The number of ether oxygens (including phenoxy) is 1. The van der Waals surface area contributed by atoms with Crippen LogP contribution in [-0.2, 0) is 19.1 Å². The monoisotopic (exact) mass is 484 g/mol. The lowest BCUT2D eigenvalue weighted by atomic mass is 10.2. The van der Waals surface area contributed by atoms with E-state index in [4.69, 9.17) is 4.74 Å². The predicted octanol–water partition coefficient (Wildman–Crippen LogP) is 4.14. The second-order valence-corrected chi connectivity index (χ2v) is 8.62. The molecule has 0 spiro atoms. The van der Waals surface area contributed by atoms with E-state index in [2.05, 4.69) is 10.4 Å². The molecule has 35 heavy (non-hydrogen) atoms. The molecular weight excluding hydrogens is 464 g/mol. The number of esters is 1. The number of carbonyl (C=O) groups excluding carboxylic acids is 3. The van der Waals surface area contributed by atoms with E-state index in [9.17, 15) is 14.4 Å². The fraction of sp³-hybridized carbons (Fsp3) is 0.0769. The van der Waals surface area contributed by atoms with Crippen molar-refractivity contribution in [3.8, 4) is 16.3 Å². The number of amides is 2. The Kier molecular flexibility index (Phi) is 6.23. The maximum absolute atomic E-state index is 12.7. The molecule has 0 saturated heterocycles. The van der Waals surface area contributed by atoms with Crippen LogP contribution in [0, 0.1) is 0 Å². The zero-order valence-electron chi connectivity index (χ0n) is 18.5. The third-order valence-electron chi connectivity index (χ3n) is 5.33. The molecule has 0 atom stereocenters. The molecular formula is C26H20N4O4S. The Labute approximate surface area is 205 Å². The Bertz CT molecular complexity index is 1410. The molecule has 0 aliphatic carbocycles. The maximum Gasteiger partial charge on any atom is 0.331 e. The highest BCUT2D eigenvalue weighted by molar-refractivity contribution is 7.13.